The van der Waals surface area contributed by atoms with Crippen LogP contribution < -0.4 is 10.9 Å². The van der Waals surface area contributed by atoms with Crippen LogP contribution in [0, 0.1) is 23.2 Å². The summed E-state index contributed by atoms with van der Waals surface area (Å²) in [7, 11) is 0. The van der Waals surface area contributed by atoms with Crippen molar-refractivity contribution in [1.29, 1.82) is 0 Å². The van der Waals surface area contributed by atoms with Gasteiger partial charge < -0.3 is 9.84 Å². The van der Waals surface area contributed by atoms with Crippen LogP contribution >= 0.6 is 27.5 Å². The molecule has 3 fully saturated rings. The molecule has 162 valence electrons. The summed E-state index contributed by atoms with van der Waals surface area (Å²) in [6.45, 7) is 6.94. The Morgan fingerprint density at radius 1 is 1.43 bits per heavy atom. The Bertz CT molecular complexity index is 1020. The van der Waals surface area contributed by atoms with Crippen LogP contribution in [0.3, 0.4) is 0 Å². The van der Waals surface area contributed by atoms with Gasteiger partial charge in [-0.2, -0.15) is 5.10 Å². The van der Waals surface area contributed by atoms with Gasteiger partial charge in [-0.25, -0.2) is 4.68 Å². The smallest absolute Gasteiger partial charge is 0.283 e. The maximum absolute atomic E-state index is 12.7. The van der Waals surface area contributed by atoms with Crippen LogP contribution in [0.1, 0.15) is 45.8 Å². The summed E-state index contributed by atoms with van der Waals surface area (Å²) in [6.07, 6.45) is 4.63. The molecule has 2 aromatic heterocycles. The van der Waals surface area contributed by atoms with Crippen LogP contribution in [0.2, 0.25) is 5.15 Å². The summed E-state index contributed by atoms with van der Waals surface area (Å²) in [6, 6.07) is 1.90. The van der Waals surface area contributed by atoms with E-state index in [-0.39, 0.29) is 29.5 Å². The monoisotopic (exact) mass is 496 g/mol. The van der Waals surface area contributed by atoms with Crippen LogP contribution in [-0.4, -0.2) is 26.8 Å². The molecule has 0 aliphatic heterocycles. The number of ketones is 1. The lowest BCUT2D eigenvalue weighted by molar-refractivity contribution is -0.119. The second-order valence-electron chi connectivity index (χ2n) is 9.20. The zero-order valence-electron chi connectivity index (χ0n) is 17.3. The Morgan fingerprint density at radius 3 is 2.83 bits per heavy atom. The van der Waals surface area contributed by atoms with Crippen LogP contribution in [0.25, 0.3) is 0 Å². The van der Waals surface area contributed by atoms with E-state index in [0.29, 0.717) is 45.6 Å². The second-order valence-corrected chi connectivity index (χ2v) is 10.4. The van der Waals surface area contributed by atoms with Gasteiger partial charge in [-0.05, 0) is 51.9 Å². The van der Waals surface area contributed by atoms with E-state index in [9.17, 15) is 9.59 Å². The third kappa shape index (κ3) is 3.96. The Kier molecular flexibility index (Phi) is 5.83. The standard InChI is InChI=1S/C21H26BrClN4O3/c1-11-15-6-12(21(15,2)3)7-16(11)25-17-9-24-27(20(29)19(17)22)10-13(28)4-5-14-8-18(23)26-30-14/h8-9,11-12,15-16,25H,4-7,10H2,1-3H3/t11-,12-,15+,16-/m1/s1. The molecule has 9 heteroatoms. The number of rotatable bonds is 7. The number of nitrogens with zero attached hydrogens (tertiary/aromatic N) is 3. The van der Waals surface area contributed by atoms with Crippen molar-refractivity contribution >= 4 is 39.0 Å². The number of fused-ring (bicyclic) bond motifs is 2. The lowest BCUT2D eigenvalue weighted by Gasteiger charge is -2.62. The molecule has 0 spiro atoms. The van der Waals surface area contributed by atoms with Crippen molar-refractivity contribution in [2.75, 3.05) is 5.32 Å². The highest BCUT2D eigenvalue weighted by Gasteiger charge is 2.56. The molecule has 2 bridgehead atoms. The minimum absolute atomic E-state index is 0.0856. The molecule has 5 rings (SSSR count). The zero-order chi connectivity index (χ0) is 21.6. The van der Waals surface area contributed by atoms with Gasteiger partial charge in [0.05, 0.1) is 11.9 Å². The number of anilines is 1. The molecule has 2 aromatic rings. The van der Waals surface area contributed by atoms with Gasteiger partial charge in [0.2, 0.25) is 0 Å². The van der Waals surface area contributed by atoms with Crippen LogP contribution in [0.5, 0.6) is 0 Å². The quantitative estimate of drug-likeness (QED) is 0.612. The molecule has 0 radical (unpaired) electrons. The minimum atomic E-state index is -0.315. The van der Waals surface area contributed by atoms with Crippen molar-refractivity contribution in [1.82, 2.24) is 14.9 Å². The molecule has 0 amide bonds. The minimum Gasteiger partial charge on any atom is -0.380 e. The van der Waals surface area contributed by atoms with E-state index in [2.05, 4.69) is 52.3 Å². The SMILES string of the molecule is C[C@H]1[C@H](Nc2cnn(CC(=O)CCc3cc(Cl)no3)c(=O)c2Br)C[C@H]2C[C@@H]1C2(C)C. The van der Waals surface area contributed by atoms with Gasteiger partial charge in [-0.15, -0.1) is 0 Å². The second kappa shape index (κ2) is 8.11. The van der Waals surface area contributed by atoms with Gasteiger partial charge in [0, 0.05) is 24.9 Å². The molecule has 0 unspecified atom stereocenters. The summed E-state index contributed by atoms with van der Waals surface area (Å²) >= 11 is 9.12. The fourth-order valence-corrected chi connectivity index (χ4v) is 5.71. The van der Waals surface area contributed by atoms with Crippen molar-refractivity contribution in [3.05, 3.63) is 38.0 Å². The molecule has 30 heavy (non-hydrogen) atoms. The van der Waals surface area contributed by atoms with Crippen molar-refractivity contribution in [2.45, 2.75) is 59.0 Å². The number of aromatic nitrogens is 3. The van der Waals surface area contributed by atoms with Crippen molar-refractivity contribution in [2.24, 2.45) is 23.2 Å². The highest BCUT2D eigenvalue weighted by atomic mass is 79.9. The molecule has 3 aliphatic carbocycles. The number of carbonyl (C=O) groups is 1. The fourth-order valence-electron chi connectivity index (χ4n) is 5.13. The number of nitrogens with one attached hydrogen (secondary N) is 1. The molecule has 3 saturated carbocycles. The summed E-state index contributed by atoms with van der Waals surface area (Å²) in [4.78, 5) is 25.0. The summed E-state index contributed by atoms with van der Waals surface area (Å²) in [5.74, 6) is 2.38. The van der Waals surface area contributed by atoms with Gasteiger partial charge >= 0.3 is 0 Å². The molecule has 7 nitrogen and oxygen atoms in total. The van der Waals surface area contributed by atoms with E-state index in [1.165, 1.54) is 11.1 Å². The number of hydrogen-bond donors (Lipinski definition) is 1. The van der Waals surface area contributed by atoms with Crippen molar-refractivity contribution < 1.29 is 9.32 Å². The van der Waals surface area contributed by atoms with E-state index in [1.807, 2.05) is 0 Å². The highest BCUT2D eigenvalue weighted by molar-refractivity contribution is 9.10. The molecule has 0 saturated heterocycles. The first kappa shape index (κ1) is 21.6. The van der Waals surface area contributed by atoms with Crippen LogP contribution in [-0.2, 0) is 17.8 Å². The highest BCUT2D eigenvalue weighted by Crippen LogP contribution is 2.61. The molecule has 3 aliphatic rings. The number of aryl methyl sites for hydroxylation is 1. The van der Waals surface area contributed by atoms with E-state index in [4.69, 9.17) is 16.1 Å². The summed E-state index contributed by atoms with van der Waals surface area (Å²) in [5, 5.41) is 11.6. The van der Waals surface area contributed by atoms with Gasteiger partial charge in [0.25, 0.3) is 5.56 Å². The summed E-state index contributed by atoms with van der Waals surface area (Å²) < 4.78 is 6.60. The number of carbonyl (C=O) groups excluding carboxylic acids is 1. The summed E-state index contributed by atoms with van der Waals surface area (Å²) in [5.41, 5.74) is 0.786. The van der Waals surface area contributed by atoms with Crippen LogP contribution in [0.15, 0.2) is 26.1 Å². The maximum Gasteiger partial charge on any atom is 0.283 e. The zero-order valence-corrected chi connectivity index (χ0v) is 19.7. The van der Waals surface area contributed by atoms with E-state index in [0.717, 1.165) is 12.3 Å². The lowest BCUT2D eigenvalue weighted by Crippen LogP contribution is -2.58. The first-order valence-corrected chi connectivity index (χ1v) is 11.5. The maximum atomic E-state index is 12.7. The van der Waals surface area contributed by atoms with Crippen LogP contribution in [0.4, 0.5) is 5.69 Å². The third-order valence-corrected chi connectivity index (χ3v) is 8.13. The number of halogens is 2. The average Bonchev–Trinajstić information content (AvgIpc) is 3.12. The van der Waals surface area contributed by atoms with Gasteiger partial charge in [0.15, 0.2) is 10.9 Å². The first-order valence-electron chi connectivity index (χ1n) is 10.3. The molecule has 0 aromatic carbocycles. The van der Waals surface area contributed by atoms with Gasteiger partial charge in [-0.1, -0.05) is 37.5 Å². The Labute approximate surface area is 188 Å². The van der Waals surface area contributed by atoms with Gasteiger partial charge in [0.1, 0.15) is 16.8 Å². The predicted molar refractivity (Wildman–Crippen MR) is 118 cm³/mol. The van der Waals surface area contributed by atoms with Crippen molar-refractivity contribution in [3.63, 3.8) is 0 Å². The predicted octanol–water partition coefficient (Wildman–Crippen LogP) is 4.33. The van der Waals surface area contributed by atoms with E-state index < -0.39 is 0 Å². The Balaban J connectivity index is 1.39. The normalized spacial score (nSPS) is 26.8. The van der Waals surface area contributed by atoms with Gasteiger partial charge in [-0.3, -0.25) is 9.59 Å². The fraction of sp³-hybridized carbons (Fsp3) is 0.619. The molecular formula is C21H26BrClN4O3. The average molecular weight is 498 g/mol. The Hall–Kier alpha value is -1.67. The van der Waals surface area contributed by atoms with E-state index in [1.54, 1.807) is 12.3 Å². The molecule has 2 heterocycles. The third-order valence-electron chi connectivity index (χ3n) is 7.19. The molecule has 4 atom stereocenters. The lowest BCUT2D eigenvalue weighted by atomic mass is 9.45. The van der Waals surface area contributed by atoms with Crippen molar-refractivity contribution in [3.8, 4) is 0 Å². The number of hydrogen-bond acceptors (Lipinski definition) is 6. The Morgan fingerprint density at radius 2 is 2.20 bits per heavy atom. The molecule has 1 N–H and O–H groups in total. The largest absolute Gasteiger partial charge is 0.380 e. The molecular weight excluding hydrogens is 472 g/mol. The first-order chi connectivity index (χ1) is 14.2. The number of Topliss-reactive ketones (excluding diaryl/α,β-unsaturated/α-hetero) is 1. The van der Waals surface area contributed by atoms with E-state index >= 15 is 0 Å². The topological polar surface area (TPSA) is 90.0 Å².